The maximum Gasteiger partial charge on any atom is 0.184 e. The molecular weight excluding hydrogens is 448 g/mol. The molecule has 0 amide bonds. The average Bonchev–Trinajstić information content (AvgIpc) is 2.95. The summed E-state index contributed by atoms with van der Waals surface area (Å²) < 4.78 is 13.3. The molecule has 0 radical (unpaired) electrons. The van der Waals surface area contributed by atoms with Crippen molar-refractivity contribution < 1.29 is 14.6 Å². The van der Waals surface area contributed by atoms with Crippen molar-refractivity contribution in [2.24, 2.45) is 11.7 Å². The van der Waals surface area contributed by atoms with Crippen molar-refractivity contribution in [3.63, 3.8) is 0 Å². The molecule has 5 nitrogen and oxygen atoms in total. The van der Waals surface area contributed by atoms with Crippen LogP contribution < -0.4 is 5.73 Å². The molecule has 0 aliphatic carbocycles. The van der Waals surface area contributed by atoms with Crippen molar-refractivity contribution in [1.82, 2.24) is 4.90 Å². The SMILES string of the molecule is CC1C(CN2CCCCC2)OC(c2ccc(-c3ccccc3CN)cc2)OC1c1ccc(CO)cc1. The van der Waals surface area contributed by atoms with E-state index in [1.165, 1.54) is 19.3 Å². The van der Waals surface area contributed by atoms with Gasteiger partial charge in [-0.2, -0.15) is 0 Å². The molecule has 3 aromatic rings. The van der Waals surface area contributed by atoms with Gasteiger partial charge in [-0.1, -0.05) is 86.1 Å². The molecular formula is C31H38N2O3. The zero-order chi connectivity index (χ0) is 24.9. The van der Waals surface area contributed by atoms with Crippen molar-refractivity contribution in [3.8, 4) is 11.1 Å². The lowest BCUT2D eigenvalue weighted by Crippen LogP contribution is -2.45. The fraction of sp³-hybridized carbons (Fsp3) is 0.419. The first-order valence-corrected chi connectivity index (χ1v) is 13.3. The van der Waals surface area contributed by atoms with Gasteiger partial charge in [0.25, 0.3) is 0 Å². The smallest absolute Gasteiger partial charge is 0.184 e. The van der Waals surface area contributed by atoms with Crippen LogP contribution in [0, 0.1) is 5.92 Å². The molecule has 0 bridgehead atoms. The monoisotopic (exact) mass is 486 g/mol. The van der Waals surface area contributed by atoms with Gasteiger partial charge >= 0.3 is 0 Å². The molecule has 36 heavy (non-hydrogen) atoms. The largest absolute Gasteiger partial charge is 0.392 e. The lowest BCUT2D eigenvalue weighted by atomic mass is 9.89. The first kappa shape index (κ1) is 25.1. The van der Waals surface area contributed by atoms with Gasteiger partial charge in [0.15, 0.2) is 6.29 Å². The Bertz CT molecular complexity index is 1110. The molecule has 3 aromatic carbocycles. The fourth-order valence-corrected chi connectivity index (χ4v) is 5.52. The Balaban J connectivity index is 1.40. The molecule has 0 saturated carbocycles. The van der Waals surface area contributed by atoms with Crippen molar-refractivity contribution in [2.45, 2.75) is 57.8 Å². The van der Waals surface area contributed by atoms with Crippen LogP contribution in [0.15, 0.2) is 72.8 Å². The third kappa shape index (κ3) is 5.56. The Hall–Kier alpha value is -2.54. The minimum absolute atomic E-state index is 0.0459. The van der Waals surface area contributed by atoms with Gasteiger partial charge in [0.05, 0.1) is 18.8 Å². The summed E-state index contributed by atoms with van der Waals surface area (Å²) >= 11 is 0. The van der Waals surface area contributed by atoms with E-state index in [4.69, 9.17) is 15.2 Å². The number of nitrogens with zero attached hydrogens (tertiary/aromatic N) is 1. The third-order valence-electron chi connectivity index (χ3n) is 7.74. The van der Waals surface area contributed by atoms with Gasteiger partial charge in [-0.05, 0) is 53.7 Å². The molecule has 3 N–H and O–H groups in total. The summed E-state index contributed by atoms with van der Waals surface area (Å²) in [4.78, 5) is 2.55. The second-order valence-electron chi connectivity index (χ2n) is 10.2. The van der Waals surface area contributed by atoms with E-state index in [1.54, 1.807) is 0 Å². The lowest BCUT2D eigenvalue weighted by molar-refractivity contribution is -0.276. The predicted molar refractivity (Wildman–Crippen MR) is 143 cm³/mol. The van der Waals surface area contributed by atoms with E-state index in [-0.39, 0.29) is 24.7 Å². The van der Waals surface area contributed by atoms with Gasteiger partial charge in [0.2, 0.25) is 0 Å². The van der Waals surface area contributed by atoms with Crippen molar-refractivity contribution in [3.05, 3.63) is 95.1 Å². The Morgan fingerprint density at radius 1 is 0.861 bits per heavy atom. The number of rotatable bonds is 7. The molecule has 4 unspecified atom stereocenters. The summed E-state index contributed by atoms with van der Waals surface area (Å²) in [6.45, 7) is 6.01. The van der Waals surface area contributed by atoms with Crippen molar-refractivity contribution in [2.75, 3.05) is 19.6 Å². The van der Waals surface area contributed by atoms with Gasteiger partial charge < -0.3 is 25.2 Å². The molecule has 2 aliphatic rings. The first-order chi connectivity index (χ1) is 17.7. The predicted octanol–water partition coefficient (Wildman–Crippen LogP) is 5.58. The van der Waals surface area contributed by atoms with Crippen LogP contribution >= 0.6 is 0 Å². The number of ether oxygens (including phenoxy) is 2. The Labute approximate surface area is 214 Å². The molecule has 0 aromatic heterocycles. The Morgan fingerprint density at radius 3 is 2.25 bits per heavy atom. The number of aliphatic hydroxyl groups is 1. The summed E-state index contributed by atoms with van der Waals surface area (Å²) in [6.07, 6.45) is 3.41. The number of nitrogens with two attached hydrogens (primary N) is 1. The molecule has 4 atom stereocenters. The summed E-state index contributed by atoms with van der Waals surface area (Å²) in [5, 5.41) is 9.48. The van der Waals surface area contributed by atoms with Crippen molar-refractivity contribution >= 4 is 0 Å². The van der Waals surface area contributed by atoms with E-state index in [1.807, 2.05) is 18.2 Å². The Kier molecular flexibility index (Phi) is 8.15. The molecule has 190 valence electrons. The van der Waals surface area contributed by atoms with E-state index in [0.717, 1.165) is 53.0 Å². The standard InChI is InChI=1S/C31H38N2O3/c1-22-29(20-33-17-5-2-6-18-33)35-31(36-30(22)25-11-9-23(21-34)10-12-25)26-15-13-24(14-16-26)28-8-4-3-7-27(28)19-32/h3-4,7-16,22,29-31,34H,2,5-6,17-21,32H2,1H3. The lowest BCUT2D eigenvalue weighted by Gasteiger charge is -2.43. The number of hydrogen-bond acceptors (Lipinski definition) is 5. The molecule has 2 fully saturated rings. The van der Waals surface area contributed by atoms with Crippen LogP contribution in [-0.4, -0.2) is 35.7 Å². The number of piperidine rings is 1. The zero-order valence-electron chi connectivity index (χ0n) is 21.2. The topological polar surface area (TPSA) is 68.0 Å². The molecule has 5 rings (SSSR count). The van der Waals surface area contributed by atoms with Crippen LogP contribution in [-0.2, 0) is 22.6 Å². The first-order valence-electron chi connectivity index (χ1n) is 13.3. The van der Waals surface area contributed by atoms with Crippen LogP contribution in [0.5, 0.6) is 0 Å². The summed E-state index contributed by atoms with van der Waals surface area (Å²) in [5.41, 5.74) is 12.5. The number of likely N-dealkylation sites (tertiary alicyclic amines) is 1. The van der Waals surface area contributed by atoms with Crippen LogP contribution in [0.3, 0.4) is 0 Å². The maximum atomic E-state index is 9.48. The van der Waals surface area contributed by atoms with E-state index < -0.39 is 6.29 Å². The van der Waals surface area contributed by atoms with Gasteiger partial charge in [0.1, 0.15) is 0 Å². The van der Waals surface area contributed by atoms with Crippen LogP contribution in [0.2, 0.25) is 0 Å². The van der Waals surface area contributed by atoms with E-state index in [9.17, 15) is 5.11 Å². The quantitative estimate of drug-likeness (QED) is 0.456. The molecule has 0 spiro atoms. The second kappa shape index (κ2) is 11.7. The normalized spacial score (nSPS) is 25.1. The van der Waals surface area contributed by atoms with Crippen LogP contribution in [0.1, 0.15) is 60.8 Å². The van der Waals surface area contributed by atoms with Gasteiger partial charge in [-0.25, -0.2) is 0 Å². The summed E-state index contributed by atoms with van der Waals surface area (Å²) in [5.74, 6) is 0.207. The highest BCUT2D eigenvalue weighted by molar-refractivity contribution is 5.67. The molecule has 2 heterocycles. The molecule has 2 aliphatic heterocycles. The zero-order valence-corrected chi connectivity index (χ0v) is 21.2. The fourth-order valence-electron chi connectivity index (χ4n) is 5.52. The van der Waals surface area contributed by atoms with E-state index in [2.05, 4.69) is 66.4 Å². The van der Waals surface area contributed by atoms with E-state index in [0.29, 0.717) is 6.54 Å². The van der Waals surface area contributed by atoms with Crippen LogP contribution in [0.4, 0.5) is 0 Å². The third-order valence-corrected chi connectivity index (χ3v) is 7.74. The minimum atomic E-state index is -0.433. The van der Waals surface area contributed by atoms with Gasteiger partial charge in [0, 0.05) is 24.6 Å². The Morgan fingerprint density at radius 2 is 1.56 bits per heavy atom. The minimum Gasteiger partial charge on any atom is -0.392 e. The van der Waals surface area contributed by atoms with Gasteiger partial charge in [-0.3, -0.25) is 0 Å². The number of benzene rings is 3. The highest BCUT2D eigenvalue weighted by atomic mass is 16.7. The molecule has 2 saturated heterocycles. The maximum absolute atomic E-state index is 9.48. The number of aliphatic hydroxyl groups excluding tert-OH is 1. The average molecular weight is 487 g/mol. The van der Waals surface area contributed by atoms with Gasteiger partial charge in [-0.15, -0.1) is 0 Å². The highest BCUT2D eigenvalue weighted by Gasteiger charge is 2.39. The van der Waals surface area contributed by atoms with Crippen LogP contribution in [0.25, 0.3) is 11.1 Å². The van der Waals surface area contributed by atoms with Crippen molar-refractivity contribution in [1.29, 1.82) is 0 Å². The molecule has 5 heteroatoms. The van der Waals surface area contributed by atoms with E-state index >= 15 is 0 Å². The number of hydrogen-bond donors (Lipinski definition) is 2. The summed E-state index contributed by atoms with van der Waals surface area (Å²) in [6, 6.07) is 24.9. The second-order valence-corrected chi connectivity index (χ2v) is 10.2. The summed E-state index contributed by atoms with van der Waals surface area (Å²) in [7, 11) is 0. The highest BCUT2D eigenvalue weighted by Crippen LogP contribution is 2.42.